The minimum absolute atomic E-state index is 0.0973. The van der Waals surface area contributed by atoms with Crippen LogP contribution >= 0.6 is 0 Å². The molecule has 2 fully saturated rings. The highest BCUT2D eigenvalue weighted by Crippen LogP contribution is 2.31. The van der Waals surface area contributed by atoms with Crippen molar-refractivity contribution < 1.29 is 13.7 Å². The van der Waals surface area contributed by atoms with Crippen molar-refractivity contribution in [1.82, 2.24) is 15.0 Å². The molecular formula is C18H22FN3O2. The molecule has 1 saturated heterocycles. The minimum atomic E-state index is -0.343. The number of ether oxygens (including phenoxy) is 1. The molecule has 4 rings (SSSR count). The molecule has 1 aromatic carbocycles. The summed E-state index contributed by atoms with van der Waals surface area (Å²) in [5.74, 6) is 1.70. The molecule has 2 aromatic rings. The Hall–Kier alpha value is -1.95. The summed E-state index contributed by atoms with van der Waals surface area (Å²) in [5.41, 5.74) is 0.978. The second-order valence-electron chi connectivity index (χ2n) is 6.79. The maximum Gasteiger partial charge on any atom is 0.264 e. The molecular weight excluding hydrogens is 309 g/mol. The Bertz CT molecular complexity index is 693. The van der Waals surface area contributed by atoms with Gasteiger partial charge in [0.05, 0.1) is 0 Å². The molecule has 128 valence electrons. The van der Waals surface area contributed by atoms with Gasteiger partial charge in [-0.1, -0.05) is 11.2 Å². The van der Waals surface area contributed by atoms with Crippen LogP contribution < -0.4 is 4.74 Å². The summed E-state index contributed by atoms with van der Waals surface area (Å²) >= 11 is 0. The summed E-state index contributed by atoms with van der Waals surface area (Å²) < 4.78 is 24.9. The molecule has 2 aliphatic rings. The van der Waals surface area contributed by atoms with Crippen molar-refractivity contribution in [2.45, 2.75) is 45.3 Å². The van der Waals surface area contributed by atoms with Crippen molar-refractivity contribution in [2.75, 3.05) is 13.1 Å². The fourth-order valence-corrected chi connectivity index (χ4v) is 3.11. The summed E-state index contributed by atoms with van der Waals surface area (Å²) in [6.45, 7) is 3.09. The van der Waals surface area contributed by atoms with Crippen molar-refractivity contribution in [1.29, 1.82) is 0 Å². The monoisotopic (exact) mass is 331 g/mol. The van der Waals surface area contributed by atoms with E-state index in [1.165, 1.54) is 25.7 Å². The summed E-state index contributed by atoms with van der Waals surface area (Å²) in [5, 5.41) is 3.94. The molecule has 1 saturated carbocycles. The average Bonchev–Trinajstić information content (AvgIpc) is 3.05. The zero-order valence-corrected chi connectivity index (χ0v) is 13.7. The van der Waals surface area contributed by atoms with E-state index in [2.05, 4.69) is 15.0 Å². The molecule has 0 bridgehead atoms. The highest BCUT2D eigenvalue weighted by atomic mass is 19.1. The van der Waals surface area contributed by atoms with Crippen LogP contribution in [-0.4, -0.2) is 28.1 Å². The average molecular weight is 331 g/mol. The number of halogens is 1. The van der Waals surface area contributed by atoms with E-state index in [9.17, 15) is 4.39 Å². The van der Waals surface area contributed by atoms with Crippen LogP contribution in [0.25, 0.3) is 0 Å². The van der Waals surface area contributed by atoms with E-state index in [1.807, 2.05) is 6.07 Å². The van der Waals surface area contributed by atoms with Crippen molar-refractivity contribution in [3.8, 4) is 5.75 Å². The van der Waals surface area contributed by atoms with Crippen LogP contribution in [0, 0.1) is 11.7 Å². The minimum Gasteiger partial charge on any atom is -0.481 e. The number of aromatic nitrogens is 2. The summed E-state index contributed by atoms with van der Waals surface area (Å²) in [6, 6.07) is 5.16. The highest BCUT2D eigenvalue weighted by molar-refractivity contribution is 5.29. The van der Waals surface area contributed by atoms with Crippen LogP contribution in [0.4, 0.5) is 4.39 Å². The Labute approximate surface area is 140 Å². The summed E-state index contributed by atoms with van der Waals surface area (Å²) in [6.07, 6.45) is 5.82. The van der Waals surface area contributed by atoms with Crippen LogP contribution in [0.1, 0.15) is 43.0 Å². The van der Waals surface area contributed by atoms with E-state index >= 15 is 0 Å². The van der Waals surface area contributed by atoms with E-state index in [0.29, 0.717) is 11.8 Å². The lowest BCUT2D eigenvalue weighted by Gasteiger charge is -2.15. The van der Waals surface area contributed by atoms with Crippen molar-refractivity contribution in [3.05, 3.63) is 41.3 Å². The van der Waals surface area contributed by atoms with Crippen molar-refractivity contribution in [2.24, 2.45) is 5.92 Å². The highest BCUT2D eigenvalue weighted by Gasteiger charge is 2.24. The number of hydrogen-bond donors (Lipinski definition) is 0. The van der Waals surface area contributed by atoms with Gasteiger partial charge in [-0.15, -0.1) is 0 Å². The molecule has 0 atom stereocenters. The molecule has 0 radical (unpaired) electrons. The molecule has 0 N–H and O–H groups in total. The van der Waals surface area contributed by atoms with E-state index in [0.717, 1.165) is 37.4 Å². The van der Waals surface area contributed by atoms with Crippen LogP contribution in [-0.2, 0) is 19.6 Å². The quantitative estimate of drug-likeness (QED) is 0.779. The normalized spacial score (nSPS) is 18.2. The van der Waals surface area contributed by atoms with Gasteiger partial charge in [-0.05, 0) is 62.4 Å². The van der Waals surface area contributed by atoms with Gasteiger partial charge in [0.1, 0.15) is 0 Å². The van der Waals surface area contributed by atoms with Gasteiger partial charge >= 0.3 is 0 Å². The van der Waals surface area contributed by atoms with Crippen molar-refractivity contribution in [3.63, 3.8) is 0 Å². The lowest BCUT2D eigenvalue weighted by Crippen LogP contribution is -2.18. The van der Waals surface area contributed by atoms with Crippen LogP contribution in [0.2, 0.25) is 0 Å². The molecule has 1 aliphatic carbocycles. The van der Waals surface area contributed by atoms with Crippen LogP contribution in [0.3, 0.4) is 0 Å². The Morgan fingerprint density at radius 3 is 2.83 bits per heavy atom. The largest absolute Gasteiger partial charge is 0.481 e. The predicted octanol–water partition coefficient (Wildman–Crippen LogP) is 3.34. The van der Waals surface area contributed by atoms with Gasteiger partial charge in [-0.2, -0.15) is 4.98 Å². The standard InChI is InChI=1S/C18H22FN3O2/c19-15-9-14(11-22-7-1-2-8-22)5-6-16(15)23-12-18-20-17(21-24-18)10-13-3-4-13/h5-6,9,13H,1-4,7-8,10-12H2. The Kier molecular flexibility index (Phi) is 4.47. The second kappa shape index (κ2) is 6.89. The smallest absolute Gasteiger partial charge is 0.264 e. The van der Waals surface area contributed by atoms with E-state index in [-0.39, 0.29) is 18.2 Å². The van der Waals surface area contributed by atoms with Gasteiger partial charge in [0, 0.05) is 13.0 Å². The molecule has 2 heterocycles. The first-order chi connectivity index (χ1) is 11.8. The van der Waals surface area contributed by atoms with E-state index in [1.54, 1.807) is 12.1 Å². The second-order valence-corrected chi connectivity index (χ2v) is 6.79. The van der Waals surface area contributed by atoms with Gasteiger partial charge in [0.25, 0.3) is 5.89 Å². The topological polar surface area (TPSA) is 51.4 Å². The predicted molar refractivity (Wildman–Crippen MR) is 86.0 cm³/mol. The van der Waals surface area contributed by atoms with Gasteiger partial charge in [-0.3, -0.25) is 4.90 Å². The van der Waals surface area contributed by atoms with E-state index in [4.69, 9.17) is 9.26 Å². The third-order valence-corrected chi connectivity index (χ3v) is 4.63. The third kappa shape index (κ3) is 3.93. The molecule has 24 heavy (non-hydrogen) atoms. The maximum absolute atomic E-state index is 14.2. The Balaban J connectivity index is 1.32. The van der Waals surface area contributed by atoms with Gasteiger partial charge in [0.15, 0.2) is 24.0 Å². The number of likely N-dealkylation sites (tertiary alicyclic amines) is 1. The fraction of sp³-hybridized carbons (Fsp3) is 0.556. The Morgan fingerprint density at radius 2 is 2.08 bits per heavy atom. The molecule has 0 amide bonds. The molecule has 0 spiro atoms. The summed E-state index contributed by atoms with van der Waals surface area (Å²) in [7, 11) is 0. The SMILES string of the molecule is Fc1cc(CN2CCCC2)ccc1OCc1nc(CC2CC2)no1. The van der Waals surface area contributed by atoms with Crippen molar-refractivity contribution >= 4 is 0 Å². The summed E-state index contributed by atoms with van der Waals surface area (Å²) in [4.78, 5) is 6.63. The maximum atomic E-state index is 14.2. The van der Waals surface area contributed by atoms with Crippen LogP contribution in [0.15, 0.2) is 22.7 Å². The first-order valence-corrected chi connectivity index (χ1v) is 8.71. The number of rotatable bonds is 7. The lowest BCUT2D eigenvalue weighted by molar-refractivity contribution is 0.233. The molecule has 5 nitrogen and oxygen atoms in total. The first kappa shape index (κ1) is 15.6. The van der Waals surface area contributed by atoms with Crippen LogP contribution in [0.5, 0.6) is 5.75 Å². The number of benzene rings is 1. The first-order valence-electron chi connectivity index (χ1n) is 8.71. The molecule has 1 aromatic heterocycles. The Morgan fingerprint density at radius 1 is 1.25 bits per heavy atom. The molecule has 1 aliphatic heterocycles. The van der Waals surface area contributed by atoms with Gasteiger partial charge in [-0.25, -0.2) is 4.39 Å². The zero-order chi connectivity index (χ0) is 16.4. The lowest BCUT2D eigenvalue weighted by atomic mass is 10.2. The molecule has 6 heteroatoms. The number of nitrogens with zero attached hydrogens (tertiary/aromatic N) is 3. The molecule has 0 unspecified atom stereocenters. The van der Waals surface area contributed by atoms with Gasteiger partial charge < -0.3 is 9.26 Å². The van der Waals surface area contributed by atoms with E-state index < -0.39 is 0 Å². The van der Waals surface area contributed by atoms with Gasteiger partial charge in [0.2, 0.25) is 0 Å². The zero-order valence-electron chi connectivity index (χ0n) is 13.7. The third-order valence-electron chi connectivity index (χ3n) is 4.63. The number of hydrogen-bond acceptors (Lipinski definition) is 5. The fourth-order valence-electron chi connectivity index (χ4n) is 3.11.